The Balaban J connectivity index is 2.14. The molecule has 3 aromatic rings. The second kappa shape index (κ2) is 8.18. The van der Waals surface area contributed by atoms with Crippen molar-refractivity contribution in [3.8, 4) is 5.75 Å². The lowest BCUT2D eigenvalue weighted by Crippen LogP contribution is -2.04. The lowest BCUT2D eigenvalue weighted by Gasteiger charge is -2.05. The van der Waals surface area contributed by atoms with E-state index in [2.05, 4.69) is 38.8 Å². The summed E-state index contributed by atoms with van der Waals surface area (Å²) in [6.45, 7) is 2.46. The van der Waals surface area contributed by atoms with E-state index in [0.29, 0.717) is 41.1 Å². The van der Waals surface area contributed by atoms with Crippen molar-refractivity contribution in [3.05, 3.63) is 62.2 Å². The Kier molecular flexibility index (Phi) is 5.94. The molecule has 26 heavy (non-hydrogen) atoms. The van der Waals surface area contributed by atoms with Crippen LogP contribution in [0.25, 0.3) is 11.0 Å². The van der Waals surface area contributed by atoms with Gasteiger partial charge in [-0.3, -0.25) is 9.59 Å². The summed E-state index contributed by atoms with van der Waals surface area (Å²) in [5, 5.41) is 0.718. The molecule has 0 fully saturated rings. The number of carbonyl (C=O) groups is 2. The quantitative estimate of drug-likeness (QED) is 0.305. The Morgan fingerprint density at radius 1 is 1.15 bits per heavy atom. The molecule has 1 aromatic heterocycles. The highest BCUT2D eigenvalue weighted by Crippen LogP contribution is 2.33. The van der Waals surface area contributed by atoms with Crippen molar-refractivity contribution >= 4 is 55.1 Å². The lowest BCUT2D eigenvalue weighted by molar-refractivity contribution is -0.120. The summed E-state index contributed by atoms with van der Waals surface area (Å²) >= 11 is 6.85. The van der Waals surface area contributed by atoms with Gasteiger partial charge in [-0.25, -0.2) is 0 Å². The van der Waals surface area contributed by atoms with Gasteiger partial charge in [0.1, 0.15) is 17.1 Å². The fraction of sp³-hybridized carbons (Fsp3) is 0.200. The van der Waals surface area contributed by atoms with Crippen molar-refractivity contribution in [1.29, 1.82) is 0 Å². The lowest BCUT2D eigenvalue weighted by atomic mass is 9.98. The summed E-state index contributed by atoms with van der Waals surface area (Å²) < 4.78 is 12.5. The van der Waals surface area contributed by atoms with Crippen LogP contribution in [0.1, 0.15) is 41.4 Å². The summed E-state index contributed by atoms with van der Waals surface area (Å²) in [5.74, 6) is 0.944. The first kappa shape index (κ1) is 18.9. The van der Waals surface area contributed by atoms with Crippen LogP contribution in [-0.4, -0.2) is 12.3 Å². The van der Waals surface area contributed by atoms with Gasteiger partial charge < -0.3 is 9.15 Å². The van der Waals surface area contributed by atoms with Gasteiger partial charge in [-0.15, -0.1) is 0 Å². The molecule has 0 saturated carbocycles. The average Bonchev–Trinajstić information content (AvgIpc) is 2.96. The van der Waals surface area contributed by atoms with Gasteiger partial charge >= 0.3 is 0 Å². The molecular formula is C20H16Br2O4. The molecule has 134 valence electrons. The predicted molar refractivity (Wildman–Crippen MR) is 107 cm³/mol. The number of rotatable bonds is 7. The highest BCUT2D eigenvalue weighted by Gasteiger charge is 2.22. The molecule has 0 aliphatic carbocycles. The smallest absolute Gasteiger partial charge is 0.298 e. The van der Waals surface area contributed by atoms with Gasteiger partial charge in [0, 0.05) is 32.4 Å². The summed E-state index contributed by atoms with van der Waals surface area (Å²) in [6.07, 6.45) is 2.58. The SMILES string of the molecule is CCCCc1oc2cc(OC=O)ccc2c1C(=O)c1cc(Br)cc(Br)c1. The van der Waals surface area contributed by atoms with Gasteiger partial charge in [0.05, 0.1) is 5.56 Å². The van der Waals surface area contributed by atoms with Crippen molar-refractivity contribution < 1.29 is 18.7 Å². The zero-order valence-corrected chi connectivity index (χ0v) is 17.2. The van der Waals surface area contributed by atoms with E-state index in [1.165, 1.54) is 0 Å². The summed E-state index contributed by atoms with van der Waals surface area (Å²) in [7, 11) is 0. The van der Waals surface area contributed by atoms with E-state index >= 15 is 0 Å². The van der Waals surface area contributed by atoms with Gasteiger partial charge in [-0.05, 0) is 36.8 Å². The first-order chi connectivity index (χ1) is 12.5. The van der Waals surface area contributed by atoms with Gasteiger partial charge in [-0.2, -0.15) is 0 Å². The summed E-state index contributed by atoms with van der Waals surface area (Å²) in [6, 6.07) is 10.5. The van der Waals surface area contributed by atoms with Gasteiger partial charge in [0.15, 0.2) is 5.78 Å². The summed E-state index contributed by atoms with van der Waals surface area (Å²) in [4.78, 5) is 23.8. The topological polar surface area (TPSA) is 56.5 Å². The number of furan rings is 1. The van der Waals surface area contributed by atoms with Gasteiger partial charge in [-0.1, -0.05) is 45.2 Å². The number of fused-ring (bicyclic) bond motifs is 1. The van der Waals surface area contributed by atoms with E-state index in [0.717, 1.165) is 27.2 Å². The number of ketones is 1. The van der Waals surface area contributed by atoms with E-state index in [1.54, 1.807) is 30.3 Å². The highest BCUT2D eigenvalue weighted by molar-refractivity contribution is 9.11. The van der Waals surface area contributed by atoms with E-state index in [4.69, 9.17) is 9.15 Å². The molecule has 4 nitrogen and oxygen atoms in total. The fourth-order valence-electron chi connectivity index (χ4n) is 2.85. The summed E-state index contributed by atoms with van der Waals surface area (Å²) in [5.41, 5.74) is 1.67. The van der Waals surface area contributed by atoms with Crippen LogP contribution in [0, 0.1) is 0 Å². The molecule has 1 heterocycles. The normalized spacial score (nSPS) is 10.9. The molecule has 0 atom stereocenters. The molecule has 0 unspecified atom stereocenters. The third-order valence-corrected chi connectivity index (χ3v) is 4.94. The fourth-order valence-corrected chi connectivity index (χ4v) is 4.14. The molecule has 0 amide bonds. The van der Waals surface area contributed by atoms with Crippen LogP contribution in [0.3, 0.4) is 0 Å². The van der Waals surface area contributed by atoms with Crippen LogP contribution in [0.5, 0.6) is 5.75 Å². The Morgan fingerprint density at radius 2 is 1.88 bits per heavy atom. The molecule has 0 saturated heterocycles. The van der Waals surface area contributed by atoms with Gasteiger partial charge in [0.25, 0.3) is 6.47 Å². The number of unbranched alkanes of at least 4 members (excludes halogenated alkanes) is 1. The molecule has 6 heteroatoms. The predicted octanol–water partition coefficient (Wildman–Crippen LogP) is 6.07. The Labute approximate surface area is 167 Å². The molecular weight excluding hydrogens is 464 g/mol. The minimum absolute atomic E-state index is 0.0964. The molecule has 0 aliphatic rings. The molecule has 0 bridgehead atoms. The molecule has 2 aromatic carbocycles. The van der Waals surface area contributed by atoms with E-state index in [1.807, 2.05) is 6.07 Å². The Hall–Kier alpha value is -1.92. The van der Waals surface area contributed by atoms with Crippen molar-refractivity contribution in [2.75, 3.05) is 0 Å². The maximum Gasteiger partial charge on any atom is 0.298 e. The minimum atomic E-state index is -0.0964. The van der Waals surface area contributed by atoms with Crippen molar-refractivity contribution in [3.63, 3.8) is 0 Å². The van der Waals surface area contributed by atoms with Crippen molar-refractivity contribution in [2.24, 2.45) is 0 Å². The number of hydrogen-bond donors (Lipinski definition) is 0. The van der Waals surface area contributed by atoms with Crippen LogP contribution in [-0.2, 0) is 11.2 Å². The first-order valence-corrected chi connectivity index (χ1v) is 9.78. The van der Waals surface area contributed by atoms with Crippen LogP contribution >= 0.6 is 31.9 Å². The van der Waals surface area contributed by atoms with Crippen LogP contribution in [0.4, 0.5) is 0 Å². The number of ether oxygens (including phenoxy) is 1. The molecule has 0 radical (unpaired) electrons. The van der Waals surface area contributed by atoms with Crippen LogP contribution in [0.2, 0.25) is 0 Å². The van der Waals surface area contributed by atoms with E-state index in [-0.39, 0.29) is 5.78 Å². The maximum atomic E-state index is 13.2. The van der Waals surface area contributed by atoms with Gasteiger partial charge in [0.2, 0.25) is 0 Å². The second-order valence-electron chi connectivity index (χ2n) is 5.86. The van der Waals surface area contributed by atoms with Crippen LogP contribution < -0.4 is 4.74 Å². The number of aryl methyl sites for hydroxylation is 1. The second-order valence-corrected chi connectivity index (χ2v) is 7.69. The minimum Gasteiger partial charge on any atom is -0.460 e. The number of halogens is 2. The molecule has 0 aliphatic heterocycles. The monoisotopic (exact) mass is 478 g/mol. The Morgan fingerprint density at radius 3 is 2.54 bits per heavy atom. The number of carbonyl (C=O) groups excluding carboxylic acids is 2. The molecule has 0 N–H and O–H groups in total. The molecule has 0 spiro atoms. The van der Waals surface area contributed by atoms with Crippen LogP contribution in [0.15, 0.2) is 49.8 Å². The largest absolute Gasteiger partial charge is 0.460 e. The zero-order valence-electron chi connectivity index (χ0n) is 14.1. The Bertz CT molecular complexity index is 955. The third-order valence-electron chi connectivity index (χ3n) is 4.03. The maximum absolute atomic E-state index is 13.2. The standard InChI is InChI=1S/C20H16Br2O4/c1-2-3-4-17-19(20(24)12-7-13(21)9-14(22)8-12)16-6-5-15(25-11-23)10-18(16)26-17/h5-11H,2-4H2,1H3. The van der Waals surface area contributed by atoms with Crippen molar-refractivity contribution in [1.82, 2.24) is 0 Å². The highest BCUT2D eigenvalue weighted by atomic mass is 79.9. The van der Waals surface area contributed by atoms with E-state index < -0.39 is 0 Å². The first-order valence-electron chi connectivity index (χ1n) is 8.20. The molecule has 3 rings (SSSR count). The van der Waals surface area contributed by atoms with Crippen molar-refractivity contribution in [2.45, 2.75) is 26.2 Å². The average molecular weight is 480 g/mol. The number of hydrogen-bond acceptors (Lipinski definition) is 4. The number of benzene rings is 2. The third kappa shape index (κ3) is 3.91. The van der Waals surface area contributed by atoms with E-state index in [9.17, 15) is 9.59 Å². The zero-order chi connectivity index (χ0) is 18.7.